The van der Waals surface area contributed by atoms with Crippen molar-refractivity contribution in [3.05, 3.63) is 28.8 Å². The van der Waals surface area contributed by atoms with Crippen LogP contribution in [0.5, 0.6) is 0 Å². The maximum Gasteiger partial charge on any atom is 0.416 e. The Bertz CT molecular complexity index is 612. The van der Waals surface area contributed by atoms with E-state index in [1.165, 1.54) is 17.4 Å². The molecule has 3 rings (SSSR count). The van der Waals surface area contributed by atoms with Gasteiger partial charge in [0, 0.05) is 0 Å². The number of halogens is 3. The van der Waals surface area contributed by atoms with Crippen molar-refractivity contribution in [2.75, 3.05) is 0 Å². The SMILES string of the molecule is NC1(c2nc3cc(C(F)(F)F)ccc3s2)CCCC1. The van der Waals surface area contributed by atoms with Gasteiger partial charge in [-0.2, -0.15) is 13.2 Å². The van der Waals surface area contributed by atoms with Crippen LogP contribution in [0.4, 0.5) is 13.2 Å². The van der Waals surface area contributed by atoms with Crippen LogP contribution in [0.25, 0.3) is 10.2 Å². The van der Waals surface area contributed by atoms with Crippen molar-refractivity contribution in [1.29, 1.82) is 0 Å². The highest BCUT2D eigenvalue weighted by Gasteiger charge is 2.35. The molecule has 1 saturated carbocycles. The van der Waals surface area contributed by atoms with E-state index < -0.39 is 17.3 Å². The van der Waals surface area contributed by atoms with Crippen molar-refractivity contribution in [2.24, 2.45) is 5.73 Å². The van der Waals surface area contributed by atoms with Crippen LogP contribution in [-0.2, 0) is 11.7 Å². The molecule has 1 fully saturated rings. The molecule has 2 aromatic rings. The number of rotatable bonds is 1. The van der Waals surface area contributed by atoms with E-state index in [4.69, 9.17) is 5.73 Å². The first-order chi connectivity index (χ1) is 8.88. The second-order valence-electron chi connectivity index (χ2n) is 5.06. The van der Waals surface area contributed by atoms with Crippen LogP contribution in [0, 0.1) is 0 Å². The van der Waals surface area contributed by atoms with Gasteiger partial charge in [-0.25, -0.2) is 4.98 Å². The highest BCUT2D eigenvalue weighted by molar-refractivity contribution is 7.18. The Morgan fingerprint density at radius 2 is 1.89 bits per heavy atom. The molecule has 102 valence electrons. The summed E-state index contributed by atoms with van der Waals surface area (Å²) in [5.41, 5.74) is 5.59. The molecule has 0 aliphatic heterocycles. The van der Waals surface area contributed by atoms with Gasteiger partial charge < -0.3 is 5.73 Å². The van der Waals surface area contributed by atoms with Gasteiger partial charge in [0.15, 0.2) is 0 Å². The van der Waals surface area contributed by atoms with Crippen molar-refractivity contribution < 1.29 is 13.2 Å². The zero-order valence-corrected chi connectivity index (χ0v) is 10.9. The van der Waals surface area contributed by atoms with E-state index in [1.807, 2.05) is 0 Å². The second kappa shape index (κ2) is 4.18. The summed E-state index contributed by atoms with van der Waals surface area (Å²) in [4.78, 5) is 4.33. The third kappa shape index (κ3) is 2.23. The monoisotopic (exact) mass is 286 g/mol. The lowest BCUT2D eigenvalue weighted by Gasteiger charge is -2.19. The average Bonchev–Trinajstić information content (AvgIpc) is 2.93. The van der Waals surface area contributed by atoms with Crippen LogP contribution < -0.4 is 5.73 Å². The average molecular weight is 286 g/mol. The molecule has 2 N–H and O–H groups in total. The van der Waals surface area contributed by atoms with Crippen LogP contribution in [0.2, 0.25) is 0 Å². The normalized spacial score (nSPS) is 19.2. The van der Waals surface area contributed by atoms with Crippen molar-refractivity contribution >= 4 is 21.6 Å². The Morgan fingerprint density at radius 3 is 2.53 bits per heavy atom. The zero-order chi connectivity index (χ0) is 13.7. The summed E-state index contributed by atoms with van der Waals surface area (Å²) in [6, 6.07) is 3.69. The number of aromatic nitrogens is 1. The van der Waals surface area contributed by atoms with Gasteiger partial charge in [-0.1, -0.05) is 12.8 Å². The van der Waals surface area contributed by atoms with E-state index in [1.54, 1.807) is 0 Å². The van der Waals surface area contributed by atoms with Gasteiger partial charge in [-0.05, 0) is 31.0 Å². The van der Waals surface area contributed by atoms with Gasteiger partial charge in [0.05, 0.1) is 21.3 Å². The first-order valence-corrected chi connectivity index (χ1v) is 6.97. The van der Waals surface area contributed by atoms with E-state index in [-0.39, 0.29) is 0 Å². The molecule has 1 aliphatic rings. The Kier molecular flexibility index (Phi) is 2.83. The molecule has 0 radical (unpaired) electrons. The molecular weight excluding hydrogens is 273 g/mol. The summed E-state index contributed by atoms with van der Waals surface area (Å²) in [6.45, 7) is 0. The first-order valence-electron chi connectivity index (χ1n) is 6.16. The Morgan fingerprint density at radius 1 is 1.21 bits per heavy atom. The van der Waals surface area contributed by atoms with Crippen LogP contribution in [-0.4, -0.2) is 4.98 Å². The number of fused-ring (bicyclic) bond motifs is 1. The van der Waals surface area contributed by atoms with Crippen molar-refractivity contribution in [1.82, 2.24) is 4.98 Å². The Labute approximate surface area is 112 Å². The van der Waals surface area contributed by atoms with Gasteiger partial charge in [0.2, 0.25) is 0 Å². The molecule has 0 unspecified atom stereocenters. The van der Waals surface area contributed by atoms with Gasteiger partial charge in [0.25, 0.3) is 0 Å². The van der Waals surface area contributed by atoms with Crippen molar-refractivity contribution in [3.8, 4) is 0 Å². The van der Waals surface area contributed by atoms with Gasteiger partial charge in [-0.15, -0.1) is 11.3 Å². The minimum atomic E-state index is -4.33. The van der Waals surface area contributed by atoms with Gasteiger partial charge in [0.1, 0.15) is 5.01 Å². The number of hydrogen-bond donors (Lipinski definition) is 1. The summed E-state index contributed by atoms with van der Waals surface area (Å²) in [7, 11) is 0. The molecule has 1 aromatic heterocycles. The predicted molar refractivity (Wildman–Crippen MR) is 69.0 cm³/mol. The number of nitrogens with zero attached hydrogens (tertiary/aromatic N) is 1. The third-order valence-corrected chi connectivity index (χ3v) is 4.89. The molecular formula is C13H13F3N2S. The molecule has 1 aromatic carbocycles. The molecule has 19 heavy (non-hydrogen) atoms. The maximum atomic E-state index is 12.6. The lowest BCUT2D eigenvalue weighted by Crippen LogP contribution is -2.32. The first kappa shape index (κ1) is 12.9. The van der Waals surface area contributed by atoms with Gasteiger partial charge in [-0.3, -0.25) is 0 Å². The number of alkyl halides is 3. The maximum absolute atomic E-state index is 12.6. The zero-order valence-electron chi connectivity index (χ0n) is 10.1. The Hall–Kier alpha value is -1.14. The van der Waals surface area contributed by atoms with E-state index >= 15 is 0 Å². The van der Waals surface area contributed by atoms with E-state index in [0.717, 1.165) is 47.5 Å². The smallest absolute Gasteiger partial charge is 0.319 e. The highest BCUT2D eigenvalue weighted by atomic mass is 32.1. The van der Waals surface area contributed by atoms with E-state index in [9.17, 15) is 13.2 Å². The fourth-order valence-corrected chi connectivity index (χ4v) is 3.64. The molecule has 0 saturated heterocycles. The lowest BCUT2D eigenvalue weighted by molar-refractivity contribution is -0.137. The largest absolute Gasteiger partial charge is 0.416 e. The number of hydrogen-bond acceptors (Lipinski definition) is 3. The van der Waals surface area contributed by atoms with Crippen LogP contribution in [0.15, 0.2) is 18.2 Å². The van der Waals surface area contributed by atoms with Crippen molar-refractivity contribution in [3.63, 3.8) is 0 Å². The molecule has 0 atom stereocenters. The molecule has 6 heteroatoms. The fraction of sp³-hybridized carbons (Fsp3) is 0.462. The number of benzene rings is 1. The standard InChI is InChI=1S/C13H13F3N2S/c14-13(15,16)8-3-4-10-9(7-8)18-11(19-10)12(17)5-1-2-6-12/h3-4,7H,1-2,5-6,17H2. The summed E-state index contributed by atoms with van der Waals surface area (Å²) in [5, 5.41) is 0.763. The molecule has 1 aliphatic carbocycles. The van der Waals surface area contributed by atoms with E-state index in [2.05, 4.69) is 4.98 Å². The van der Waals surface area contributed by atoms with Crippen LogP contribution in [0.3, 0.4) is 0 Å². The molecule has 0 amide bonds. The summed E-state index contributed by atoms with van der Waals surface area (Å²) in [6.07, 6.45) is -0.496. The quantitative estimate of drug-likeness (QED) is 0.859. The minimum Gasteiger partial charge on any atom is -0.319 e. The van der Waals surface area contributed by atoms with Crippen LogP contribution in [0.1, 0.15) is 36.3 Å². The minimum absolute atomic E-state index is 0.395. The molecule has 2 nitrogen and oxygen atoms in total. The topological polar surface area (TPSA) is 38.9 Å². The van der Waals surface area contributed by atoms with Gasteiger partial charge >= 0.3 is 6.18 Å². The van der Waals surface area contributed by atoms with E-state index in [0.29, 0.717) is 5.52 Å². The molecule has 1 heterocycles. The second-order valence-corrected chi connectivity index (χ2v) is 6.09. The predicted octanol–water partition coefficient (Wildman–Crippen LogP) is 4.04. The van der Waals surface area contributed by atoms with Crippen LogP contribution >= 0.6 is 11.3 Å². The third-order valence-electron chi connectivity index (χ3n) is 3.64. The number of nitrogens with two attached hydrogens (primary N) is 1. The summed E-state index contributed by atoms with van der Waals surface area (Å²) < 4.78 is 38.7. The molecule has 0 spiro atoms. The summed E-state index contributed by atoms with van der Waals surface area (Å²) in [5.74, 6) is 0. The number of thiazole rings is 1. The molecule has 0 bridgehead atoms. The Balaban J connectivity index is 2.06. The lowest BCUT2D eigenvalue weighted by atomic mass is 10.0. The fourth-order valence-electron chi connectivity index (χ4n) is 2.54. The van der Waals surface area contributed by atoms with Crippen molar-refractivity contribution in [2.45, 2.75) is 37.4 Å². The summed E-state index contributed by atoms with van der Waals surface area (Å²) >= 11 is 1.41. The highest BCUT2D eigenvalue weighted by Crippen LogP contribution is 2.40.